The van der Waals surface area contributed by atoms with Gasteiger partial charge in [0, 0.05) is 20.8 Å². The van der Waals surface area contributed by atoms with E-state index in [0.29, 0.717) is 0 Å². The Labute approximate surface area is 69.8 Å². The highest BCUT2D eigenvalue weighted by atomic mass is 28.4. The molecule has 0 aromatic carbocycles. The molecular formula is C5H11F3O3Si. The average Bonchev–Trinajstić information content (AvgIpc) is 1.99. The Morgan fingerprint density at radius 2 is 1.58 bits per heavy atom. The fourth-order valence-electron chi connectivity index (χ4n) is 0.414. The zero-order chi connectivity index (χ0) is 9.83. The molecule has 0 aliphatic carbocycles. The molecular weight excluding hydrogens is 193 g/mol. The monoisotopic (exact) mass is 204 g/mol. The quantitative estimate of drug-likeness (QED) is 0.648. The van der Waals surface area contributed by atoms with Gasteiger partial charge in [0.05, 0.1) is 0 Å². The van der Waals surface area contributed by atoms with Crippen molar-refractivity contribution in [1.82, 2.24) is 0 Å². The van der Waals surface area contributed by atoms with Gasteiger partial charge >= 0.3 is 15.0 Å². The molecule has 7 heteroatoms. The molecule has 12 heavy (non-hydrogen) atoms. The lowest BCUT2D eigenvalue weighted by Gasteiger charge is -2.22. The van der Waals surface area contributed by atoms with Gasteiger partial charge in [0.2, 0.25) is 0 Å². The minimum absolute atomic E-state index is 1.26. The fraction of sp³-hybridized carbons (Fsp3) is 1.00. The van der Waals surface area contributed by atoms with Crippen molar-refractivity contribution in [2.24, 2.45) is 0 Å². The minimum Gasteiger partial charge on any atom is -0.377 e. The largest absolute Gasteiger partial charge is 0.497 e. The van der Waals surface area contributed by atoms with E-state index in [1.165, 1.54) is 20.8 Å². The van der Waals surface area contributed by atoms with Crippen molar-refractivity contribution in [3.8, 4) is 0 Å². The Morgan fingerprint density at radius 1 is 1.17 bits per heavy atom. The van der Waals surface area contributed by atoms with Crippen LogP contribution in [-0.4, -0.2) is 35.8 Å². The van der Waals surface area contributed by atoms with E-state index in [1.807, 2.05) is 0 Å². The van der Waals surface area contributed by atoms with Gasteiger partial charge in [-0.15, -0.1) is 0 Å². The van der Waals surface area contributed by atoms with Crippen molar-refractivity contribution in [1.29, 1.82) is 0 Å². The third-order valence-electron chi connectivity index (χ3n) is 1.24. The Bertz CT molecular complexity index is 134. The van der Waals surface area contributed by atoms with Crippen LogP contribution in [0.5, 0.6) is 0 Å². The predicted molar refractivity (Wildman–Crippen MR) is 37.6 cm³/mol. The first kappa shape index (κ1) is 11.9. The summed E-state index contributed by atoms with van der Waals surface area (Å²) in [6.07, 6.45) is -4.34. The van der Waals surface area contributed by atoms with Gasteiger partial charge in [0.25, 0.3) is 0 Å². The molecule has 0 atom stereocenters. The summed E-state index contributed by atoms with van der Waals surface area (Å²) in [5.74, 6) is 0. The van der Waals surface area contributed by atoms with Gasteiger partial charge in [-0.05, 0) is 0 Å². The van der Waals surface area contributed by atoms with Crippen LogP contribution < -0.4 is 0 Å². The van der Waals surface area contributed by atoms with Crippen molar-refractivity contribution in [2.45, 2.75) is 12.7 Å². The van der Waals surface area contributed by atoms with E-state index in [2.05, 4.69) is 13.3 Å². The predicted octanol–water partition coefficient (Wildman–Crippen LogP) is 1.43. The van der Waals surface area contributed by atoms with Crippen molar-refractivity contribution < 1.29 is 26.4 Å². The van der Waals surface area contributed by atoms with E-state index in [4.69, 9.17) is 0 Å². The highest BCUT2D eigenvalue weighted by molar-refractivity contribution is 6.59. The van der Waals surface area contributed by atoms with Crippen LogP contribution in [0.15, 0.2) is 0 Å². The van der Waals surface area contributed by atoms with Crippen LogP contribution in [0.4, 0.5) is 13.2 Å². The molecule has 0 spiro atoms. The van der Waals surface area contributed by atoms with Crippen molar-refractivity contribution >= 4 is 8.80 Å². The molecule has 0 rings (SSSR count). The number of hydrogen-bond donors (Lipinski definition) is 0. The lowest BCUT2D eigenvalue weighted by molar-refractivity contribution is -0.163. The highest BCUT2D eigenvalue weighted by Gasteiger charge is 2.38. The zero-order valence-corrected chi connectivity index (χ0v) is 8.07. The second-order valence-electron chi connectivity index (χ2n) is 2.17. The van der Waals surface area contributed by atoms with Crippen molar-refractivity contribution in [2.75, 3.05) is 20.8 Å². The molecule has 0 aliphatic heterocycles. The summed E-state index contributed by atoms with van der Waals surface area (Å²) in [7, 11) is -0.515. The summed E-state index contributed by atoms with van der Waals surface area (Å²) in [4.78, 5) is 0. The summed E-state index contributed by atoms with van der Waals surface area (Å²) >= 11 is 0. The normalized spacial score (nSPS) is 13.5. The van der Waals surface area contributed by atoms with Gasteiger partial charge in [0.15, 0.2) is 0 Å². The minimum atomic E-state index is -4.34. The maximum atomic E-state index is 11.6. The first-order chi connectivity index (χ1) is 5.33. The van der Waals surface area contributed by atoms with Gasteiger partial charge in [-0.1, -0.05) is 0 Å². The van der Waals surface area contributed by atoms with Crippen LogP contribution >= 0.6 is 0 Å². The maximum absolute atomic E-state index is 11.6. The lowest BCUT2D eigenvalue weighted by Crippen LogP contribution is -2.42. The Kier molecular flexibility index (Phi) is 4.18. The van der Waals surface area contributed by atoms with Crippen LogP contribution in [0.1, 0.15) is 0 Å². The van der Waals surface area contributed by atoms with E-state index >= 15 is 0 Å². The molecule has 0 fully saturated rings. The van der Waals surface area contributed by atoms with Gasteiger partial charge in [0.1, 0.15) is 6.61 Å². The molecule has 74 valence electrons. The van der Waals surface area contributed by atoms with Gasteiger partial charge in [-0.2, -0.15) is 13.2 Å². The Balaban J connectivity index is 3.89. The molecule has 0 saturated heterocycles. The first-order valence-corrected chi connectivity index (χ1v) is 5.36. The molecule has 0 aliphatic rings. The summed E-state index contributed by atoms with van der Waals surface area (Å²) in [5.41, 5.74) is 0. The molecule has 0 heterocycles. The Hall–Kier alpha value is -0.113. The van der Waals surface area contributed by atoms with Crippen LogP contribution in [0, 0.1) is 0 Å². The smallest absolute Gasteiger partial charge is 0.377 e. The van der Waals surface area contributed by atoms with Crippen LogP contribution in [0.25, 0.3) is 0 Å². The van der Waals surface area contributed by atoms with Gasteiger partial charge in [-0.3, -0.25) is 0 Å². The molecule has 0 aromatic rings. The van der Waals surface area contributed by atoms with Gasteiger partial charge < -0.3 is 13.3 Å². The SMILES string of the molecule is CO[Si](C)(OC)OCC(F)(F)F. The molecule has 0 bridgehead atoms. The molecule has 0 amide bonds. The van der Waals surface area contributed by atoms with E-state index in [9.17, 15) is 13.2 Å². The maximum Gasteiger partial charge on any atom is 0.497 e. The lowest BCUT2D eigenvalue weighted by atomic mass is 10.7. The van der Waals surface area contributed by atoms with E-state index in [0.717, 1.165) is 0 Å². The second kappa shape index (κ2) is 4.22. The highest BCUT2D eigenvalue weighted by Crippen LogP contribution is 2.18. The van der Waals surface area contributed by atoms with E-state index in [-0.39, 0.29) is 0 Å². The number of rotatable bonds is 4. The van der Waals surface area contributed by atoms with Crippen LogP contribution in [0.2, 0.25) is 6.55 Å². The van der Waals surface area contributed by atoms with Crippen molar-refractivity contribution in [3.05, 3.63) is 0 Å². The number of hydrogen-bond acceptors (Lipinski definition) is 3. The summed E-state index contributed by atoms with van der Waals surface area (Å²) < 4.78 is 48.7. The number of alkyl halides is 3. The fourth-order valence-corrected chi connectivity index (χ4v) is 1.24. The summed E-state index contributed by atoms with van der Waals surface area (Å²) in [5, 5.41) is 0. The molecule has 0 radical (unpaired) electrons. The second-order valence-corrected chi connectivity index (χ2v) is 5.00. The van der Waals surface area contributed by atoms with E-state index in [1.54, 1.807) is 0 Å². The molecule has 3 nitrogen and oxygen atoms in total. The standard InChI is InChI=1S/C5H11F3O3Si/c1-9-12(3,10-2)11-4-5(6,7)8/h4H2,1-3H3. The van der Waals surface area contributed by atoms with Crippen LogP contribution in [0.3, 0.4) is 0 Å². The third kappa shape index (κ3) is 4.70. The van der Waals surface area contributed by atoms with Crippen molar-refractivity contribution in [3.63, 3.8) is 0 Å². The van der Waals surface area contributed by atoms with E-state index < -0.39 is 21.6 Å². The van der Waals surface area contributed by atoms with Gasteiger partial charge in [-0.25, -0.2) is 0 Å². The molecule has 0 aromatic heterocycles. The average molecular weight is 204 g/mol. The molecule has 0 unspecified atom stereocenters. The Morgan fingerprint density at radius 3 is 1.83 bits per heavy atom. The molecule has 0 saturated carbocycles. The third-order valence-corrected chi connectivity index (χ3v) is 3.39. The zero-order valence-electron chi connectivity index (χ0n) is 7.07. The summed E-state index contributed by atoms with van der Waals surface area (Å²) in [6.45, 7) is 0.0517. The summed E-state index contributed by atoms with van der Waals surface area (Å²) in [6, 6.07) is 0. The van der Waals surface area contributed by atoms with Crippen LogP contribution in [-0.2, 0) is 13.3 Å². The first-order valence-electron chi connectivity index (χ1n) is 3.14. The molecule has 0 N–H and O–H groups in total. The number of halogens is 3. The topological polar surface area (TPSA) is 27.7 Å².